The van der Waals surface area contributed by atoms with E-state index in [9.17, 15) is 25.2 Å². The zero-order valence-electron chi connectivity index (χ0n) is 29.4. The van der Waals surface area contributed by atoms with E-state index in [4.69, 9.17) is 0 Å². The topological polar surface area (TPSA) is 110 Å². The number of amides is 1. The molecule has 0 spiro atoms. The summed E-state index contributed by atoms with van der Waals surface area (Å²) >= 11 is 0. The summed E-state index contributed by atoms with van der Waals surface area (Å²) in [7, 11) is 0. The fraction of sp³-hybridized carbons (Fsp3) is 0.821. The molecule has 0 aromatic carbocycles. The number of aliphatic hydroxyl groups is 4. The Morgan fingerprint density at radius 1 is 0.556 bits per heavy atom. The van der Waals surface area contributed by atoms with Gasteiger partial charge < -0.3 is 25.7 Å². The first-order valence-electron chi connectivity index (χ1n) is 18.9. The molecule has 0 saturated heterocycles. The Hall–Kier alpha value is -1.47. The van der Waals surface area contributed by atoms with Gasteiger partial charge in [-0.2, -0.15) is 0 Å². The number of unbranched alkanes of at least 4 members (excludes halogenated alkanes) is 18. The van der Waals surface area contributed by atoms with Crippen LogP contribution in [-0.4, -0.2) is 57.3 Å². The second-order valence-corrected chi connectivity index (χ2v) is 12.9. The van der Waals surface area contributed by atoms with Crippen LogP contribution < -0.4 is 5.32 Å². The number of hydrogen-bond donors (Lipinski definition) is 5. The van der Waals surface area contributed by atoms with Gasteiger partial charge in [-0.1, -0.05) is 140 Å². The molecule has 0 saturated carbocycles. The monoisotopic (exact) mass is 636 g/mol. The zero-order chi connectivity index (χ0) is 33.2. The summed E-state index contributed by atoms with van der Waals surface area (Å²) in [5, 5.41) is 43.4. The summed E-state index contributed by atoms with van der Waals surface area (Å²) in [6, 6.07) is -1.00. The highest BCUT2D eigenvalue weighted by Crippen LogP contribution is 2.14. The molecule has 0 rings (SSSR count). The van der Waals surface area contributed by atoms with Crippen molar-refractivity contribution in [2.45, 2.75) is 199 Å². The van der Waals surface area contributed by atoms with Crippen molar-refractivity contribution in [2.24, 2.45) is 0 Å². The number of hydrogen-bond acceptors (Lipinski definition) is 5. The third-order valence-electron chi connectivity index (χ3n) is 8.57. The molecule has 0 bridgehead atoms. The molecule has 5 N–H and O–H groups in total. The number of rotatable bonds is 33. The SMILES string of the molecule is CCCCC/C=C\C/C=C\CCCCCCCCC(O)C(=O)NC(CO)C(O)C(O)CCC/C=C/CCCCCCCCCC. The average Bonchev–Trinajstić information content (AvgIpc) is 3.04. The molecule has 45 heavy (non-hydrogen) atoms. The summed E-state index contributed by atoms with van der Waals surface area (Å²) in [6.07, 6.45) is 37.3. The molecule has 0 aliphatic carbocycles. The van der Waals surface area contributed by atoms with Gasteiger partial charge in [0.25, 0.3) is 0 Å². The first-order valence-corrected chi connectivity index (χ1v) is 18.9. The maximum absolute atomic E-state index is 12.4. The fourth-order valence-electron chi connectivity index (χ4n) is 5.49. The molecular weight excluding hydrogens is 562 g/mol. The predicted octanol–water partition coefficient (Wildman–Crippen LogP) is 9.01. The van der Waals surface area contributed by atoms with E-state index in [-0.39, 0.29) is 0 Å². The molecular formula is C39H73NO5. The van der Waals surface area contributed by atoms with Crippen LogP contribution in [0.4, 0.5) is 0 Å². The van der Waals surface area contributed by atoms with Crippen LogP contribution in [0.25, 0.3) is 0 Å². The van der Waals surface area contributed by atoms with Crippen molar-refractivity contribution in [3.63, 3.8) is 0 Å². The van der Waals surface area contributed by atoms with E-state index in [1.165, 1.54) is 89.9 Å². The Labute approximate surface area is 277 Å². The molecule has 0 aromatic rings. The molecule has 0 radical (unpaired) electrons. The van der Waals surface area contributed by atoms with E-state index < -0.39 is 36.9 Å². The third-order valence-corrected chi connectivity index (χ3v) is 8.57. The third kappa shape index (κ3) is 28.5. The Bertz CT molecular complexity index is 722. The van der Waals surface area contributed by atoms with Crippen LogP contribution in [-0.2, 0) is 4.79 Å². The largest absolute Gasteiger partial charge is 0.394 e. The quantitative estimate of drug-likeness (QED) is 0.0365. The zero-order valence-corrected chi connectivity index (χ0v) is 29.4. The van der Waals surface area contributed by atoms with Crippen molar-refractivity contribution in [2.75, 3.05) is 6.61 Å². The van der Waals surface area contributed by atoms with Crippen molar-refractivity contribution in [3.8, 4) is 0 Å². The minimum Gasteiger partial charge on any atom is -0.394 e. The molecule has 0 heterocycles. The first-order chi connectivity index (χ1) is 22.0. The molecule has 4 atom stereocenters. The summed E-state index contributed by atoms with van der Waals surface area (Å²) in [6.45, 7) is 3.98. The predicted molar refractivity (Wildman–Crippen MR) is 191 cm³/mol. The molecule has 0 aliphatic rings. The molecule has 6 heteroatoms. The highest BCUT2D eigenvalue weighted by Gasteiger charge is 2.28. The van der Waals surface area contributed by atoms with Gasteiger partial charge in [0.15, 0.2) is 0 Å². The fourth-order valence-corrected chi connectivity index (χ4v) is 5.49. The molecule has 4 unspecified atom stereocenters. The van der Waals surface area contributed by atoms with E-state index in [2.05, 4.69) is 55.6 Å². The van der Waals surface area contributed by atoms with E-state index in [1.54, 1.807) is 0 Å². The first kappa shape index (κ1) is 43.5. The van der Waals surface area contributed by atoms with Gasteiger partial charge in [-0.15, -0.1) is 0 Å². The smallest absolute Gasteiger partial charge is 0.249 e. The van der Waals surface area contributed by atoms with Crippen LogP contribution in [0.1, 0.15) is 174 Å². The van der Waals surface area contributed by atoms with E-state index in [0.717, 1.165) is 51.4 Å². The standard InChI is InChI=1S/C39H73NO5/c1-3-5-7-9-11-13-15-17-18-19-21-23-25-27-29-31-33-37(43)39(45)40-35(34-41)38(44)36(42)32-30-28-26-24-22-20-16-14-12-10-8-6-4-2/h11,13,17-18,24,26,35-38,41-44H,3-10,12,14-16,19-23,25,27-34H2,1-2H3,(H,40,45)/b13-11-,18-17-,26-24+. The maximum Gasteiger partial charge on any atom is 0.249 e. The number of allylic oxidation sites excluding steroid dienone is 6. The van der Waals surface area contributed by atoms with E-state index in [1.807, 2.05) is 0 Å². The van der Waals surface area contributed by atoms with Gasteiger partial charge in [0.2, 0.25) is 5.91 Å². The van der Waals surface area contributed by atoms with Gasteiger partial charge in [-0.05, 0) is 70.6 Å². The number of carbonyl (C=O) groups is 1. The van der Waals surface area contributed by atoms with Crippen molar-refractivity contribution in [3.05, 3.63) is 36.5 Å². The second kappa shape index (κ2) is 33.9. The summed E-state index contributed by atoms with van der Waals surface area (Å²) in [5.41, 5.74) is 0. The van der Waals surface area contributed by atoms with Gasteiger partial charge in [0.1, 0.15) is 12.2 Å². The van der Waals surface area contributed by atoms with Crippen LogP contribution in [0.5, 0.6) is 0 Å². The molecule has 0 aromatic heterocycles. The minimum atomic E-state index is -1.28. The Balaban J connectivity index is 3.89. The molecule has 1 amide bonds. The van der Waals surface area contributed by atoms with Crippen LogP contribution in [0.15, 0.2) is 36.5 Å². The highest BCUT2D eigenvalue weighted by molar-refractivity contribution is 5.80. The maximum atomic E-state index is 12.4. The van der Waals surface area contributed by atoms with E-state index >= 15 is 0 Å². The van der Waals surface area contributed by atoms with Crippen molar-refractivity contribution < 1.29 is 25.2 Å². The van der Waals surface area contributed by atoms with Gasteiger partial charge >= 0.3 is 0 Å². The normalized spacial score (nSPS) is 14.9. The number of nitrogens with one attached hydrogen (secondary N) is 1. The van der Waals surface area contributed by atoms with Crippen LogP contribution in [0.2, 0.25) is 0 Å². The van der Waals surface area contributed by atoms with Crippen LogP contribution in [0, 0.1) is 0 Å². The second-order valence-electron chi connectivity index (χ2n) is 12.9. The van der Waals surface area contributed by atoms with Gasteiger partial charge in [0, 0.05) is 0 Å². The van der Waals surface area contributed by atoms with Crippen LogP contribution >= 0.6 is 0 Å². The molecule has 0 fully saturated rings. The van der Waals surface area contributed by atoms with Gasteiger partial charge in [-0.25, -0.2) is 0 Å². The van der Waals surface area contributed by atoms with Gasteiger partial charge in [-0.3, -0.25) is 4.79 Å². The average molecular weight is 636 g/mol. The number of carbonyl (C=O) groups excluding carboxylic acids is 1. The minimum absolute atomic E-state index is 0.350. The van der Waals surface area contributed by atoms with E-state index in [0.29, 0.717) is 19.3 Å². The van der Waals surface area contributed by atoms with Crippen LogP contribution in [0.3, 0.4) is 0 Å². The molecule has 6 nitrogen and oxygen atoms in total. The van der Waals surface area contributed by atoms with Crippen molar-refractivity contribution in [1.29, 1.82) is 0 Å². The summed E-state index contributed by atoms with van der Waals surface area (Å²) < 4.78 is 0. The Morgan fingerprint density at radius 2 is 0.978 bits per heavy atom. The lowest BCUT2D eigenvalue weighted by Gasteiger charge is -2.27. The van der Waals surface area contributed by atoms with Crippen molar-refractivity contribution >= 4 is 5.91 Å². The number of aliphatic hydroxyl groups excluding tert-OH is 4. The van der Waals surface area contributed by atoms with Crippen molar-refractivity contribution in [1.82, 2.24) is 5.32 Å². The summed E-state index contributed by atoms with van der Waals surface area (Å²) in [4.78, 5) is 12.4. The Morgan fingerprint density at radius 3 is 1.51 bits per heavy atom. The highest BCUT2D eigenvalue weighted by atomic mass is 16.3. The van der Waals surface area contributed by atoms with Gasteiger partial charge in [0.05, 0.1) is 18.8 Å². The lowest BCUT2D eigenvalue weighted by Crippen LogP contribution is -2.53. The summed E-state index contributed by atoms with van der Waals surface area (Å²) in [5.74, 6) is -0.605. The lowest BCUT2D eigenvalue weighted by molar-refractivity contribution is -0.132. The lowest BCUT2D eigenvalue weighted by atomic mass is 10.00. The Kier molecular flexibility index (Phi) is 32.8. The molecule has 0 aliphatic heterocycles. The molecule has 264 valence electrons.